The van der Waals surface area contributed by atoms with Gasteiger partial charge in [0.2, 0.25) is 0 Å². The van der Waals surface area contributed by atoms with Crippen LogP contribution in [0.5, 0.6) is 0 Å². The largest absolute Gasteiger partial charge is 0.384 e. The molecular formula is C23H25N5O3. The number of anilines is 1. The van der Waals surface area contributed by atoms with E-state index in [0.29, 0.717) is 23.4 Å². The lowest BCUT2D eigenvalue weighted by atomic mass is 10.1. The molecular weight excluding hydrogens is 394 g/mol. The zero-order valence-electron chi connectivity index (χ0n) is 17.8. The Hall–Kier alpha value is -3.94. The zero-order chi connectivity index (χ0) is 22.4. The number of carbonyl (C=O) groups excluding carboxylic acids is 2. The molecule has 0 aliphatic rings. The summed E-state index contributed by atoms with van der Waals surface area (Å²) in [6, 6.07) is 16.3. The van der Waals surface area contributed by atoms with Crippen LogP contribution in [0.25, 0.3) is 0 Å². The molecule has 0 spiro atoms. The van der Waals surface area contributed by atoms with Crippen molar-refractivity contribution in [2.45, 2.75) is 27.3 Å². The van der Waals surface area contributed by atoms with E-state index < -0.39 is 5.91 Å². The van der Waals surface area contributed by atoms with Crippen LogP contribution in [0.2, 0.25) is 0 Å². The second-order valence-electron chi connectivity index (χ2n) is 7.22. The van der Waals surface area contributed by atoms with Crippen molar-refractivity contribution in [3.8, 4) is 0 Å². The van der Waals surface area contributed by atoms with Crippen LogP contribution in [-0.4, -0.2) is 33.9 Å². The average Bonchev–Trinajstić information content (AvgIpc) is 3.04. The molecule has 8 heteroatoms. The quantitative estimate of drug-likeness (QED) is 0.252. The first-order valence-corrected chi connectivity index (χ1v) is 9.78. The number of amidine groups is 1. The Balaban J connectivity index is 1.58. The minimum absolute atomic E-state index is 0.0789. The van der Waals surface area contributed by atoms with Gasteiger partial charge >= 0.3 is 0 Å². The number of Topliss-reactive ketones (excluding diaryl/α,β-unsaturated/α-hetero) is 1. The number of aryl methyl sites for hydroxylation is 2. The van der Waals surface area contributed by atoms with Crippen molar-refractivity contribution in [2.24, 2.45) is 10.9 Å². The molecule has 0 unspecified atom stereocenters. The molecule has 0 atom stereocenters. The Labute approximate surface area is 180 Å². The lowest BCUT2D eigenvalue weighted by Crippen LogP contribution is -2.19. The molecule has 1 heterocycles. The Morgan fingerprint density at radius 1 is 1.10 bits per heavy atom. The second kappa shape index (κ2) is 9.71. The van der Waals surface area contributed by atoms with Crippen molar-refractivity contribution < 1.29 is 14.4 Å². The number of nitrogens with two attached hydrogens (primary N) is 1. The van der Waals surface area contributed by atoms with Crippen LogP contribution in [0.1, 0.15) is 39.8 Å². The third-order valence-electron chi connectivity index (χ3n) is 4.57. The van der Waals surface area contributed by atoms with Crippen LogP contribution in [0.4, 0.5) is 5.69 Å². The van der Waals surface area contributed by atoms with E-state index in [4.69, 9.17) is 10.6 Å². The normalized spacial score (nSPS) is 11.3. The summed E-state index contributed by atoms with van der Waals surface area (Å²) >= 11 is 0. The fourth-order valence-corrected chi connectivity index (χ4v) is 3.06. The first kappa shape index (κ1) is 21.8. The van der Waals surface area contributed by atoms with Gasteiger partial charge in [0.25, 0.3) is 5.91 Å². The van der Waals surface area contributed by atoms with Gasteiger partial charge in [-0.2, -0.15) is 5.10 Å². The monoisotopic (exact) mass is 419 g/mol. The number of oxime groups is 1. The SMILES string of the molecule is CC(=O)c1cccc(NC(=O)CO/N=C(/N)c2cccc(Cn3nc(C)cc3C)c2)c1. The molecule has 0 radical (unpaired) electrons. The minimum atomic E-state index is -0.407. The first-order chi connectivity index (χ1) is 14.8. The average molecular weight is 419 g/mol. The summed E-state index contributed by atoms with van der Waals surface area (Å²) in [5, 5.41) is 11.0. The highest BCUT2D eigenvalue weighted by atomic mass is 16.6. The number of carbonyl (C=O) groups is 2. The van der Waals surface area contributed by atoms with E-state index in [2.05, 4.69) is 15.6 Å². The Morgan fingerprint density at radius 2 is 1.84 bits per heavy atom. The van der Waals surface area contributed by atoms with E-state index >= 15 is 0 Å². The maximum absolute atomic E-state index is 12.1. The van der Waals surface area contributed by atoms with E-state index in [1.165, 1.54) is 6.92 Å². The molecule has 0 saturated carbocycles. The van der Waals surface area contributed by atoms with Crippen molar-refractivity contribution in [2.75, 3.05) is 11.9 Å². The molecule has 160 valence electrons. The maximum Gasteiger partial charge on any atom is 0.265 e. The van der Waals surface area contributed by atoms with Gasteiger partial charge in [0.05, 0.1) is 12.2 Å². The molecule has 2 aromatic carbocycles. The van der Waals surface area contributed by atoms with Gasteiger partial charge in [-0.3, -0.25) is 14.3 Å². The van der Waals surface area contributed by atoms with Gasteiger partial charge in [0.15, 0.2) is 18.2 Å². The molecule has 8 nitrogen and oxygen atoms in total. The third kappa shape index (κ3) is 6.02. The van der Waals surface area contributed by atoms with E-state index in [-0.39, 0.29) is 18.2 Å². The van der Waals surface area contributed by atoms with Gasteiger partial charge < -0.3 is 15.9 Å². The topological polar surface area (TPSA) is 112 Å². The molecule has 1 amide bonds. The highest BCUT2D eigenvalue weighted by Crippen LogP contribution is 2.12. The first-order valence-electron chi connectivity index (χ1n) is 9.78. The summed E-state index contributed by atoms with van der Waals surface area (Å²) in [6.07, 6.45) is 0. The van der Waals surface area contributed by atoms with Gasteiger partial charge in [-0.15, -0.1) is 0 Å². The van der Waals surface area contributed by atoms with Crippen molar-refractivity contribution in [1.29, 1.82) is 0 Å². The highest BCUT2D eigenvalue weighted by molar-refractivity contribution is 5.98. The van der Waals surface area contributed by atoms with Crippen molar-refractivity contribution >= 4 is 23.2 Å². The molecule has 0 aliphatic carbocycles. The zero-order valence-corrected chi connectivity index (χ0v) is 17.8. The van der Waals surface area contributed by atoms with Gasteiger partial charge in [-0.05, 0) is 50.6 Å². The van der Waals surface area contributed by atoms with Crippen LogP contribution in [0.15, 0.2) is 59.8 Å². The predicted molar refractivity (Wildman–Crippen MR) is 119 cm³/mol. The second-order valence-corrected chi connectivity index (χ2v) is 7.22. The number of hydrogen-bond donors (Lipinski definition) is 2. The number of ketones is 1. The smallest absolute Gasteiger partial charge is 0.265 e. The van der Waals surface area contributed by atoms with Gasteiger partial charge in [-0.25, -0.2) is 0 Å². The predicted octanol–water partition coefficient (Wildman–Crippen LogP) is 3.03. The summed E-state index contributed by atoms with van der Waals surface area (Å²) in [7, 11) is 0. The van der Waals surface area contributed by atoms with E-state index in [1.54, 1.807) is 24.3 Å². The molecule has 0 fully saturated rings. The van der Waals surface area contributed by atoms with E-state index in [9.17, 15) is 9.59 Å². The summed E-state index contributed by atoms with van der Waals surface area (Å²) < 4.78 is 1.92. The van der Waals surface area contributed by atoms with Crippen LogP contribution in [0, 0.1) is 13.8 Å². The molecule has 31 heavy (non-hydrogen) atoms. The molecule has 0 bridgehead atoms. The van der Waals surface area contributed by atoms with E-state index in [1.807, 2.05) is 48.9 Å². The van der Waals surface area contributed by atoms with Crippen LogP contribution in [-0.2, 0) is 16.2 Å². The van der Waals surface area contributed by atoms with Crippen LogP contribution in [0.3, 0.4) is 0 Å². The number of rotatable bonds is 8. The molecule has 3 N–H and O–H groups in total. The highest BCUT2D eigenvalue weighted by Gasteiger charge is 2.07. The summed E-state index contributed by atoms with van der Waals surface area (Å²) in [6.45, 7) is 5.74. The Morgan fingerprint density at radius 3 is 2.55 bits per heavy atom. The molecule has 0 saturated heterocycles. The fourth-order valence-electron chi connectivity index (χ4n) is 3.06. The molecule has 3 rings (SSSR count). The molecule has 1 aromatic heterocycles. The van der Waals surface area contributed by atoms with E-state index in [0.717, 1.165) is 17.0 Å². The Bertz CT molecular complexity index is 1130. The molecule has 3 aromatic rings. The molecule has 0 aliphatic heterocycles. The van der Waals surface area contributed by atoms with Crippen LogP contribution < -0.4 is 11.1 Å². The number of nitrogens with zero attached hydrogens (tertiary/aromatic N) is 3. The maximum atomic E-state index is 12.1. The third-order valence-corrected chi connectivity index (χ3v) is 4.57. The van der Waals surface area contributed by atoms with Crippen molar-refractivity contribution in [3.05, 3.63) is 82.7 Å². The summed E-state index contributed by atoms with van der Waals surface area (Å²) in [4.78, 5) is 28.6. The number of hydrogen-bond acceptors (Lipinski definition) is 5. The lowest BCUT2D eigenvalue weighted by Gasteiger charge is -2.08. The minimum Gasteiger partial charge on any atom is -0.384 e. The van der Waals surface area contributed by atoms with Crippen molar-refractivity contribution in [1.82, 2.24) is 9.78 Å². The van der Waals surface area contributed by atoms with Gasteiger partial charge in [0, 0.05) is 22.5 Å². The number of aromatic nitrogens is 2. The Kier molecular flexibility index (Phi) is 6.81. The standard InChI is InChI=1S/C23H25N5O3/c1-15-10-16(2)28(26-15)13-18-6-4-8-20(11-18)23(24)27-31-14-22(30)25-21-9-5-7-19(12-21)17(3)29/h4-12H,13-14H2,1-3H3,(H2,24,27)(H,25,30). The summed E-state index contributed by atoms with van der Waals surface area (Å²) in [5.74, 6) is -0.318. The fraction of sp³-hybridized carbons (Fsp3) is 0.217. The number of benzene rings is 2. The van der Waals surface area contributed by atoms with Gasteiger partial charge in [-0.1, -0.05) is 35.5 Å². The van der Waals surface area contributed by atoms with Gasteiger partial charge in [0.1, 0.15) is 0 Å². The van der Waals surface area contributed by atoms with Crippen LogP contribution >= 0.6 is 0 Å². The summed E-state index contributed by atoms with van der Waals surface area (Å²) in [5.41, 5.74) is 10.8. The number of nitrogens with one attached hydrogen (secondary N) is 1. The lowest BCUT2D eigenvalue weighted by molar-refractivity contribution is -0.120. The number of amides is 1. The van der Waals surface area contributed by atoms with Crippen molar-refractivity contribution in [3.63, 3.8) is 0 Å².